The van der Waals surface area contributed by atoms with Crippen molar-refractivity contribution in [1.29, 1.82) is 0 Å². The van der Waals surface area contributed by atoms with Crippen molar-refractivity contribution < 1.29 is 4.79 Å². The summed E-state index contributed by atoms with van der Waals surface area (Å²) in [4.78, 5) is 15.3. The summed E-state index contributed by atoms with van der Waals surface area (Å²) >= 11 is 1.63. The average molecular weight is 455 g/mol. The lowest BCUT2D eigenvalue weighted by Gasteiger charge is -2.17. The van der Waals surface area contributed by atoms with E-state index in [0.29, 0.717) is 5.82 Å². The molecule has 32 heavy (non-hydrogen) atoms. The number of para-hydroxylation sites is 1. The van der Waals surface area contributed by atoms with E-state index in [0.717, 1.165) is 55.1 Å². The van der Waals surface area contributed by atoms with Gasteiger partial charge in [-0.2, -0.15) is 10.2 Å². The maximum Gasteiger partial charge on any atom is 0.320 e. The molecule has 170 valence electrons. The fraction of sp³-hybridized carbons (Fsp3) is 0.409. The Labute approximate surface area is 192 Å². The Bertz CT molecular complexity index is 1050. The minimum Gasteiger partial charge on any atom is -0.334 e. The lowest BCUT2D eigenvalue weighted by Crippen LogP contribution is -2.40. The number of benzene rings is 1. The van der Waals surface area contributed by atoms with Gasteiger partial charge in [0.05, 0.1) is 11.9 Å². The van der Waals surface area contributed by atoms with Gasteiger partial charge >= 0.3 is 6.03 Å². The maximum absolute atomic E-state index is 12.9. The van der Waals surface area contributed by atoms with Gasteiger partial charge in [0, 0.05) is 56.6 Å². The Morgan fingerprint density at radius 3 is 2.81 bits per heavy atom. The number of amides is 2. The average Bonchev–Trinajstić information content (AvgIpc) is 3.49. The van der Waals surface area contributed by atoms with Crippen LogP contribution in [0.5, 0.6) is 0 Å². The zero-order valence-corrected chi connectivity index (χ0v) is 19.5. The zero-order chi connectivity index (χ0) is 22.5. The highest BCUT2D eigenvalue weighted by Crippen LogP contribution is 2.30. The molecule has 3 N–H and O–H groups in total. The van der Waals surface area contributed by atoms with Gasteiger partial charge in [0.15, 0.2) is 0 Å². The number of aryl methyl sites for hydroxylation is 1. The minimum absolute atomic E-state index is 0.135. The number of carbonyl (C=O) groups is 1. The summed E-state index contributed by atoms with van der Waals surface area (Å²) in [5.41, 5.74) is 3.49. The van der Waals surface area contributed by atoms with Crippen molar-refractivity contribution >= 4 is 23.8 Å². The van der Waals surface area contributed by atoms with E-state index in [-0.39, 0.29) is 12.1 Å². The smallest absolute Gasteiger partial charge is 0.320 e. The molecule has 2 amide bonds. The molecule has 9 nitrogen and oxygen atoms in total. The van der Waals surface area contributed by atoms with E-state index in [1.54, 1.807) is 27.5 Å². The molecule has 0 unspecified atom stereocenters. The number of likely N-dealkylation sites (tertiary alicyclic amines) is 1. The molecule has 1 aliphatic heterocycles. The highest BCUT2D eigenvalue weighted by Gasteiger charge is 2.25. The molecule has 1 saturated heterocycles. The fourth-order valence-corrected chi connectivity index (χ4v) is 4.30. The normalized spacial score (nSPS) is 16.4. The Morgan fingerprint density at radius 2 is 2.09 bits per heavy atom. The van der Waals surface area contributed by atoms with E-state index in [1.165, 1.54) is 0 Å². The molecule has 1 aliphatic rings. The number of nitrogens with zero attached hydrogens (tertiary/aromatic N) is 5. The Morgan fingerprint density at radius 1 is 1.28 bits per heavy atom. The van der Waals surface area contributed by atoms with Crippen LogP contribution in [0.1, 0.15) is 12.0 Å². The van der Waals surface area contributed by atoms with Gasteiger partial charge in [-0.15, -0.1) is 0 Å². The molecular formula is C22H30N8OS. The molecule has 3 aromatic rings. The molecule has 0 spiro atoms. The summed E-state index contributed by atoms with van der Waals surface area (Å²) in [7, 11) is 1.88. The van der Waals surface area contributed by atoms with Gasteiger partial charge in [-0.1, -0.05) is 30.1 Å². The zero-order valence-electron chi connectivity index (χ0n) is 18.7. The maximum atomic E-state index is 12.9. The SMILES string of the molecule is CSNCCN1CC[C@H](NC(=O)Nc2c(C)c(-c3cnn(C)c3)nn2-c2ccccc2)C1. The molecule has 0 saturated carbocycles. The second kappa shape index (κ2) is 10.2. The third-order valence-corrected chi connectivity index (χ3v) is 6.11. The van der Waals surface area contributed by atoms with Gasteiger partial charge in [0.1, 0.15) is 11.5 Å². The molecule has 4 rings (SSSR count). The number of carbonyl (C=O) groups excluding carboxylic acids is 1. The topological polar surface area (TPSA) is 92.0 Å². The van der Waals surface area contributed by atoms with Crippen molar-refractivity contribution in [2.45, 2.75) is 19.4 Å². The van der Waals surface area contributed by atoms with Crippen molar-refractivity contribution in [1.82, 2.24) is 34.5 Å². The molecule has 1 fully saturated rings. The van der Waals surface area contributed by atoms with Gasteiger partial charge in [-0.25, -0.2) is 9.48 Å². The molecule has 0 bridgehead atoms. The molecule has 1 aromatic carbocycles. The number of nitrogens with one attached hydrogen (secondary N) is 3. The lowest BCUT2D eigenvalue weighted by molar-refractivity contribution is 0.247. The summed E-state index contributed by atoms with van der Waals surface area (Å²) in [6.07, 6.45) is 6.69. The van der Waals surface area contributed by atoms with Crippen molar-refractivity contribution in [2.24, 2.45) is 7.05 Å². The molecule has 1 atom stereocenters. The van der Waals surface area contributed by atoms with Crippen LogP contribution in [0.25, 0.3) is 16.9 Å². The molecule has 2 aromatic heterocycles. The molecular weight excluding hydrogens is 424 g/mol. The molecule has 3 heterocycles. The quantitative estimate of drug-likeness (QED) is 0.358. The third-order valence-electron chi connectivity index (χ3n) is 5.62. The first-order chi connectivity index (χ1) is 15.5. The summed E-state index contributed by atoms with van der Waals surface area (Å²) in [6, 6.07) is 9.74. The van der Waals surface area contributed by atoms with Gasteiger partial charge in [0.25, 0.3) is 0 Å². The predicted octanol–water partition coefficient (Wildman–Crippen LogP) is 2.64. The summed E-state index contributed by atoms with van der Waals surface area (Å²) in [5.74, 6) is 0.659. The predicted molar refractivity (Wildman–Crippen MR) is 129 cm³/mol. The van der Waals surface area contributed by atoms with Crippen LogP contribution in [0.2, 0.25) is 0 Å². The Balaban J connectivity index is 1.50. The third kappa shape index (κ3) is 5.14. The molecule has 10 heteroatoms. The lowest BCUT2D eigenvalue weighted by atomic mass is 10.1. The van der Waals surface area contributed by atoms with E-state index in [1.807, 2.05) is 56.8 Å². The fourth-order valence-electron chi connectivity index (χ4n) is 4.00. The summed E-state index contributed by atoms with van der Waals surface area (Å²) in [5, 5.41) is 15.3. The number of hydrogen-bond donors (Lipinski definition) is 3. The first kappa shape index (κ1) is 22.4. The largest absolute Gasteiger partial charge is 0.334 e. The first-order valence-electron chi connectivity index (χ1n) is 10.7. The molecule has 0 radical (unpaired) electrons. The van der Waals surface area contributed by atoms with Crippen LogP contribution in [0, 0.1) is 6.92 Å². The van der Waals surface area contributed by atoms with Crippen LogP contribution >= 0.6 is 11.9 Å². The highest BCUT2D eigenvalue weighted by atomic mass is 32.2. The number of aromatic nitrogens is 4. The van der Waals surface area contributed by atoms with Crippen LogP contribution in [0.3, 0.4) is 0 Å². The summed E-state index contributed by atoms with van der Waals surface area (Å²) < 4.78 is 6.80. The monoisotopic (exact) mass is 454 g/mol. The Hall–Kier alpha value is -2.82. The number of rotatable bonds is 8. The van der Waals surface area contributed by atoms with Crippen LogP contribution in [0.4, 0.5) is 10.6 Å². The van der Waals surface area contributed by atoms with Gasteiger partial charge in [-0.3, -0.25) is 19.6 Å². The van der Waals surface area contributed by atoms with E-state index < -0.39 is 0 Å². The van der Waals surface area contributed by atoms with Crippen molar-refractivity contribution in [3.05, 3.63) is 48.3 Å². The second-order valence-corrected chi connectivity index (χ2v) is 8.65. The van der Waals surface area contributed by atoms with Crippen molar-refractivity contribution in [2.75, 3.05) is 37.8 Å². The van der Waals surface area contributed by atoms with Crippen LogP contribution in [-0.2, 0) is 7.05 Å². The van der Waals surface area contributed by atoms with Gasteiger partial charge in [-0.05, 0) is 31.7 Å². The highest BCUT2D eigenvalue weighted by molar-refractivity contribution is 7.96. The Kier molecular flexibility index (Phi) is 7.13. The standard InChI is InChI=1S/C22H30N8OS/c1-16-20(17-13-23-28(2)14-17)27-30(19-7-5-4-6-8-19)21(16)26-22(31)25-18-9-11-29(15-18)12-10-24-32-3/h4-8,13-14,18,24H,9-12,15H2,1-3H3,(H2,25,26,31)/t18-/m0/s1. The molecule has 0 aliphatic carbocycles. The van der Waals surface area contributed by atoms with Crippen molar-refractivity contribution in [3.8, 4) is 16.9 Å². The van der Waals surface area contributed by atoms with E-state index >= 15 is 0 Å². The van der Waals surface area contributed by atoms with E-state index in [9.17, 15) is 4.79 Å². The van der Waals surface area contributed by atoms with Gasteiger partial charge in [0.2, 0.25) is 0 Å². The minimum atomic E-state index is -0.211. The summed E-state index contributed by atoms with van der Waals surface area (Å²) in [6.45, 7) is 5.75. The van der Waals surface area contributed by atoms with Gasteiger partial charge < -0.3 is 5.32 Å². The number of hydrogen-bond acceptors (Lipinski definition) is 6. The number of urea groups is 1. The first-order valence-corrected chi connectivity index (χ1v) is 12.0. The number of anilines is 1. The van der Waals surface area contributed by atoms with Crippen molar-refractivity contribution in [3.63, 3.8) is 0 Å². The van der Waals surface area contributed by atoms with E-state index in [2.05, 4.69) is 25.4 Å². The second-order valence-electron chi connectivity index (χ2n) is 7.96. The van der Waals surface area contributed by atoms with Crippen LogP contribution < -0.4 is 15.4 Å². The van der Waals surface area contributed by atoms with Crippen LogP contribution in [0.15, 0.2) is 42.7 Å². The van der Waals surface area contributed by atoms with E-state index in [4.69, 9.17) is 5.10 Å². The van der Waals surface area contributed by atoms with Crippen LogP contribution in [-0.4, -0.2) is 69.0 Å².